The molecule has 1 fully saturated rings. The number of nitrogens with zero attached hydrogens (tertiary/aromatic N) is 3. The van der Waals surface area contributed by atoms with E-state index in [0.29, 0.717) is 36.2 Å². The van der Waals surface area contributed by atoms with Crippen molar-refractivity contribution in [3.8, 4) is 0 Å². The van der Waals surface area contributed by atoms with E-state index in [0.717, 1.165) is 31.4 Å². The summed E-state index contributed by atoms with van der Waals surface area (Å²) in [4.78, 5) is 12.3. The molecule has 2 heterocycles. The summed E-state index contributed by atoms with van der Waals surface area (Å²) in [5.41, 5.74) is 2.10. The first-order valence-electron chi connectivity index (χ1n) is 11.0. The van der Waals surface area contributed by atoms with Gasteiger partial charge in [-0.15, -0.1) is 10.2 Å². The summed E-state index contributed by atoms with van der Waals surface area (Å²) in [6, 6.07) is 18.2. The molecular weight excluding hydrogens is 424 g/mol. The van der Waals surface area contributed by atoms with Crippen LogP contribution in [-0.4, -0.2) is 27.2 Å². The third-order valence-electron chi connectivity index (χ3n) is 6.40. The Morgan fingerprint density at radius 2 is 1.91 bits per heavy atom. The zero-order chi connectivity index (χ0) is 22.0. The average molecular weight is 449 g/mol. The van der Waals surface area contributed by atoms with Gasteiger partial charge in [0.15, 0.2) is 0 Å². The van der Waals surface area contributed by atoms with Crippen LogP contribution in [-0.2, 0) is 23.2 Å². The molecule has 0 bridgehead atoms. The van der Waals surface area contributed by atoms with Gasteiger partial charge in [-0.1, -0.05) is 48.4 Å². The molecule has 1 aliphatic rings. The van der Waals surface area contributed by atoms with Gasteiger partial charge < -0.3 is 14.3 Å². The zero-order valence-electron chi connectivity index (χ0n) is 17.8. The van der Waals surface area contributed by atoms with E-state index in [4.69, 9.17) is 16.0 Å². The van der Waals surface area contributed by atoms with Gasteiger partial charge in [-0.25, -0.2) is 0 Å². The fraction of sp³-hybridized carbons (Fsp3) is 0.320. The minimum atomic E-state index is -0.225. The van der Waals surface area contributed by atoms with Gasteiger partial charge in [-0.2, -0.15) is 0 Å². The van der Waals surface area contributed by atoms with E-state index in [9.17, 15) is 4.79 Å². The van der Waals surface area contributed by atoms with Gasteiger partial charge in [0.25, 0.3) is 0 Å². The highest BCUT2D eigenvalue weighted by molar-refractivity contribution is 6.30. The summed E-state index contributed by atoms with van der Waals surface area (Å²) in [6.07, 6.45) is 5.88. The number of nitrogens with one attached hydrogen (secondary N) is 1. The van der Waals surface area contributed by atoms with Gasteiger partial charge in [0.1, 0.15) is 0 Å². The van der Waals surface area contributed by atoms with Gasteiger partial charge in [0.05, 0.1) is 5.41 Å². The Labute approximate surface area is 191 Å². The Bertz CT molecular complexity index is 1220. The highest BCUT2D eigenvalue weighted by atomic mass is 35.5. The third-order valence-corrected chi connectivity index (χ3v) is 6.65. The molecule has 0 unspecified atom stereocenters. The molecule has 1 aliphatic carbocycles. The van der Waals surface area contributed by atoms with Crippen LogP contribution in [0.5, 0.6) is 0 Å². The van der Waals surface area contributed by atoms with Gasteiger partial charge >= 0.3 is 0 Å². The number of hydrogen-bond donors (Lipinski definition) is 1. The highest BCUT2D eigenvalue weighted by Crippen LogP contribution is 2.48. The summed E-state index contributed by atoms with van der Waals surface area (Å²) >= 11 is 6.04. The summed E-state index contributed by atoms with van der Waals surface area (Å²) < 4.78 is 8.15. The maximum Gasteiger partial charge on any atom is 0.227 e. The lowest BCUT2D eigenvalue weighted by atomic mass is 9.64. The second-order valence-electron chi connectivity index (χ2n) is 8.36. The molecule has 1 N–H and O–H groups in total. The molecule has 2 aromatic carbocycles. The SMILES string of the molecule is O=C(CCc1nnc(C2(c3ccc(Cl)cc3)CCC2)o1)NCCn1ccc2ccccc21. The molecule has 0 radical (unpaired) electrons. The van der Waals surface area contributed by atoms with Gasteiger partial charge in [0.2, 0.25) is 17.7 Å². The summed E-state index contributed by atoms with van der Waals surface area (Å²) in [5.74, 6) is 1.13. The standard InChI is InChI=1S/C25H25ClN4O2/c26-20-8-6-19(7-9-20)25(13-3-14-25)24-29-28-23(32-24)11-10-22(31)27-15-17-30-16-12-18-4-1-2-5-21(18)30/h1-2,4-9,12,16H,3,10-11,13-15,17H2,(H,27,31). The van der Waals surface area contributed by atoms with Crippen LogP contribution in [0.4, 0.5) is 0 Å². The number of rotatable bonds is 8. The van der Waals surface area contributed by atoms with Crippen molar-refractivity contribution in [1.29, 1.82) is 0 Å². The number of halogens is 1. The fourth-order valence-corrected chi connectivity index (χ4v) is 4.56. The highest BCUT2D eigenvalue weighted by Gasteiger charge is 2.45. The molecule has 5 rings (SSSR count). The Hall–Kier alpha value is -3.12. The first-order valence-corrected chi connectivity index (χ1v) is 11.4. The van der Waals surface area contributed by atoms with E-state index in [1.54, 1.807) is 0 Å². The van der Waals surface area contributed by atoms with Crippen molar-refractivity contribution in [2.45, 2.75) is 44.1 Å². The topological polar surface area (TPSA) is 72.9 Å². The molecule has 0 spiro atoms. The van der Waals surface area contributed by atoms with Crippen molar-refractivity contribution in [1.82, 2.24) is 20.1 Å². The first kappa shape index (κ1) is 20.8. The van der Waals surface area contributed by atoms with Gasteiger partial charge in [0, 0.05) is 42.7 Å². The Morgan fingerprint density at radius 3 is 2.69 bits per heavy atom. The summed E-state index contributed by atoms with van der Waals surface area (Å²) in [5, 5.41) is 13.4. The average Bonchev–Trinajstić information content (AvgIpc) is 3.41. The first-order chi connectivity index (χ1) is 15.6. The van der Waals surface area contributed by atoms with E-state index in [1.165, 1.54) is 10.9 Å². The number of benzene rings is 2. The van der Waals surface area contributed by atoms with Crippen molar-refractivity contribution < 1.29 is 9.21 Å². The molecule has 4 aromatic rings. The predicted octanol–water partition coefficient (Wildman–Crippen LogP) is 4.90. The number of fused-ring (bicyclic) bond motifs is 1. The number of aryl methyl sites for hydroxylation is 1. The lowest BCUT2D eigenvalue weighted by Crippen LogP contribution is -2.35. The Kier molecular flexibility index (Phi) is 5.70. The number of aromatic nitrogens is 3. The van der Waals surface area contributed by atoms with Crippen LogP contribution < -0.4 is 5.32 Å². The predicted molar refractivity (Wildman–Crippen MR) is 124 cm³/mol. The number of hydrogen-bond acceptors (Lipinski definition) is 4. The molecule has 164 valence electrons. The molecule has 7 heteroatoms. The number of carbonyl (C=O) groups is 1. The minimum Gasteiger partial charge on any atom is -0.424 e. The van der Waals surface area contributed by atoms with Crippen LogP contribution >= 0.6 is 11.6 Å². The molecule has 1 amide bonds. The molecule has 0 saturated heterocycles. The van der Waals surface area contributed by atoms with Gasteiger partial charge in [-0.3, -0.25) is 4.79 Å². The molecule has 1 saturated carbocycles. The van der Waals surface area contributed by atoms with E-state index < -0.39 is 0 Å². The molecule has 32 heavy (non-hydrogen) atoms. The van der Waals surface area contributed by atoms with Crippen LogP contribution in [0, 0.1) is 0 Å². The van der Waals surface area contributed by atoms with Crippen molar-refractivity contribution in [2.24, 2.45) is 0 Å². The van der Waals surface area contributed by atoms with Crippen LogP contribution in [0.2, 0.25) is 5.02 Å². The Balaban J connectivity index is 1.15. The lowest BCUT2D eigenvalue weighted by Gasteiger charge is -2.39. The van der Waals surface area contributed by atoms with Crippen LogP contribution in [0.3, 0.4) is 0 Å². The Morgan fingerprint density at radius 1 is 1.09 bits per heavy atom. The number of para-hydroxylation sites is 1. The quantitative estimate of drug-likeness (QED) is 0.416. The van der Waals surface area contributed by atoms with E-state index in [1.807, 2.05) is 42.6 Å². The second kappa shape index (κ2) is 8.79. The monoisotopic (exact) mass is 448 g/mol. The molecule has 0 aliphatic heterocycles. The zero-order valence-corrected chi connectivity index (χ0v) is 18.5. The lowest BCUT2D eigenvalue weighted by molar-refractivity contribution is -0.121. The summed E-state index contributed by atoms with van der Waals surface area (Å²) in [7, 11) is 0. The van der Waals surface area contributed by atoms with Crippen LogP contribution in [0.15, 0.2) is 65.2 Å². The van der Waals surface area contributed by atoms with E-state index in [-0.39, 0.29) is 11.3 Å². The third kappa shape index (κ3) is 4.02. The second-order valence-corrected chi connectivity index (χ2v) is 8.80. The number of carbonyl (C=O) groups excluding carboxylic acids is 1. The van der Waals surface area contributed by atoms with Crippen molar-refractivity contribution >= 4 is 28.4 Å². The van der Waals surface area contributed by atoms with Crippen molar-refractivity contribution in [3.05, 3.63) is 83.2 Å². The molecule has 2 aromatic heterocycles. The van der Waals surface area contributed by atoms with E-state index >= 15 is 0 Å². The van der Waals surface area contributed by atoms with Crippen LogP contribution in [0.1, 0.15) is 43.0 Å². The van der Waals surface area contributed by atoms with Crippen molar-refractivity contribution in [2.75, 3.05) is 6.54 Å². The summed E-state index contributed by atoms with van der Waals surface area (Å²) in [6.45, 7) is 1.31. The maximum absolute atomic E-state index is 12.3. The maximum atomic E-state index is 12.3. The normalized spacial score (nSPS) is 14.9. The van der Waals surface area contributed by atoms with Crippen LogP contribution in [0.25, 0.3) is 10.9 Å². The molecular formula is C25H25ClN4O2. The minimum absolute atomic E-state index is 0.0164. The fourth-order valence-electron chi connectivity index (χ4n) is 4.43. The van der Waals surface area contributed by atoms with E-state index in [2.05, 4.69) is 38.3 Å². The molecule has 0 atom stereocenters. The molecule has 6 nitrogen and oxygen atoms in total. The van der Waals surface area contributed by atoms with Crippen molar-refractivity contribution in [3.63, 3.8) is 0 Å². The smallest absolute Gasteiger partial charge is 0.227 e. The number of amides is 1. The largest absolute Gasteiger partial charge is 0.424 e. The van der Waals surface area contributed by atoms with Gasteiger partial charge in [-0.05, 0) is 48.1 Å².